The van der Waals surface area contributed by atoms with Gasteiger partial charge in [0.05, 0.1) is 6.61 Å². The number of nitrogens with two attached hydrogens (primary N) is 1. The summed E-state index contributed by atoms with van der Waals surface area (Å²) >= 11 is 0. The van der Waals surface area contributed by atoms with Crippen LogP contribution in [-0.4, -0.2) is 6.61 Å². The standard InChI is InChI=1S/C17H25NO/c1-12-8-9-13(2)17(18,11-12)15-7-3-5-14-6-4-10-19-16(14)15/h3,5,7,12-13H,4,6,8-11,18H2,1-2H3. The van der Waals surface area contributed by atoms with E-state index in [1.54, 1.807) is 0 Å². The van der Waals surface area contributed by atoms with E-state index in [0.717, 1.165) is 31.6 Å². The zero-order chi connectivity index (χ0) is 13.5. The first-order valence-corrected chi connectivity index (χ1v) is 7.65. The molecule has 2 nitrogen and oxygen atoms in total. The molecule has 1 aromatic carbocycles. The summed E-state index contributed by atoms with van der Waals surface area (Å²) in [6, 6.07) is 6.54. The first-order chi connectivity index (χ1) is 9.11. The Morgan fingerprint density at radius 3 is 2.95 bits per heavy atom. The molecule has 3 atom stereocenters. The van der Waals surface area contributed by atoms with Gasteiger partial charge in [0, 0.05) is 11.1 Å². The molecule has 2 N–H and O–H groups in total. The molecule has 1 aromatic rings. The van der Waals surface area contributed by atoms with Gasteiger partial charge >= 0.3 is 0 Å². The minimum Gasteiger partial charge on any atom is -0.493 e. The number of para-hydroxylation sites is 1. The summed E-state index contributed by atoms with van der Waals surface area (Å²) in [5, 5.41) is 0. The van der Waals surface area contributed by atoms with Crippen molar-refractivity contribution in [3.05, 3.63) is 29.3 Å². The lowest BCUT2D eigenvalue weighted by atomic mass is 9.66. The number of benzene rings is 1. The van der Waals surface area contributed by atoms with Crippen molar-refractivity contribution in [2.24, 2.45) is 17.6 Å². The monoisotopic (exact) mass is 259 g/mol. The third kappa shape index (κ3) is 2.16. The van der Waals surface area contributed by atoms with Gasteiger partial charge in [-0.1, -0.05) is 38.5 Å². The number of aryl methyl sites for hydroxylation is 1. The van der Waals surface area contributed by atoms with Crippen molar-refractivity contribution in [1.29, 1.82) is 0 Å². The lowest BCUT2D eigenvalue weighted by Crippen LogP contribution is -2.47. The van der Waals surface area contributed by atoms with E-state index in [1.807, 2.05) is 0 Å². The van der Waals surface area contributed by atoms with Gasteiger partial charge in [0.1, 0.15) is 5.75 Å². The Kier molecular flexibility index (Phi) is 3.30. The van der Waals surface area contributed by atoms with E-state index in [0.29, 0.717) is 11.8 Å². The fraction of sp³-hybridized carbons (Fsp3) is 0.647. The second kappa shape index (κ2) is 4.82. The summed E-state index contributed by atoms with van der Waals surface area (Å²) in [5.74, 6) is 2.33. The molecule has 3 unspecified atom stereocenters. The molecule has 2 aliphatic rings. The molecule has 3 rings (SSSR count). The van der Waals surface area contributed by atoms with Gasteiger partial charge in [0.25, 0.3) is 0 Å². The molecule has 0 spiro atoms. The highest BCUT2D eigenvalue weighted by atomic mass is 16.5. The maximum atomic E-state index is 6.86. The van der Waals surface area contributed by atoms with Crippen LogP contribution in [0.2, 0.25) is 0 Å². The van der Waals surface area contributed by atoms with Crippen LogP contribution >= 0.6 is 0 Å². The fourth-order valence-corrected chi connectivity index (χ4v) is 3.80. The average Bonchev–Trinajstić information content (AvgIpc) is 2.42. The molecule has 0 bridgehead atoms. The highest BCUT2D eigenvalue weighted by Crippen LogP contribution is 2.46. The number of hydrogen-bond donors (Lipinski definition) is 1. The van der Waals surface area contributed by atoms with E-state index in [2.05, 4.69) is 32.0 Å². The summed E-state index contributed by atoms with van der Waals surface area (Å²) in [6.45, 7) is 5.46. The average molecular weight is 259 g/mol. The van der Waals surface area contributed by atoms with Gasteiger partial charge in [-0.3, -0.25) is 0 Å². The van der Waals surface area contributed by atoms with E-state index in [4.69, 9.17) is 10.5 Å². The normalized spacial score (nSPS) is 34.5. The highest BCUT2D eigenvalue weighted by molar-refractivity contribution is 5.47. The minimum atomic E-state index is -0.208. The molecule has 0 radical (unpaired) electrons. The molecule has 1 aliphatic heterocycles. The highest BCUT2D eigenvalue weighted by Gasteiger charge is 2.41. The zero-order valence-electron chi connectivity index (χ0n) is 12.1. The molecule has 1 heterocycles. The first kappa shape index (κ1) is 13.0. The number of ether oxygens (including phenoxy) is 1. The smallest absolute Gasteiger partial charge is 0.127 e. The Labute approximate surface area is 116 Å². The van der Waals surface area contributed by atoms with E-state index in [9.17, 15) is 0 Å². The van der Waals surface area contributed by atoms with Crippen molar-refractivity contribution in [2.45, 2.75) is 51.5 Å². The summed E-state index contributed by atoms with van der Waals surface area (Å²) in [4.78, 5) is 0. The SMILES string of the molecule is CC1CCC(C)C(N)(c2cccc3c2OCCC3)C1. The van der Waals surface area contributed by atoms with E-state index in [-0.39, 0.29) is 5.54 Å². The van der Waals surface area contributed by atoms with Gasteiger partial charge in [-0.2, -0.15) is 0 Å². The molecule has 1 saturated carbocycles. The maximum Gasteiger partial charge on any atom is 0.127 e. The molecular weight excluding hydrogens is 234 g/mol. The van der Waals surface area contributed by atoms with Crippen molar-refractivity contribution in [3.63, 3.8) is 0 Å². The Bertz CT molecular complexity index is 470. The lowest BCUT2D eigenvalue weighted by Gasteiger charge is -2.44. The molecule has 104 valence electrons. The lowest BCUT2D eigenvalue weighted by molar-refractivity contribution is 0.154. The largest absolute Gasteiger partial charge is 0.493 e. The van der Waals surface area contributed by atoms with E-state index >= 15 is 0 Å². The molecule has 1 aliphatic carbocycles. The number of fused-ring (bicyclic) bond motifs is 1. The molecule has 2 heteroatoms. The van der Waals surface area contributed by atoms with Gasteiger partial charge in [0.2, 0.25) is 0 Å². The number of hydrogen-bond acceptors (Lipinski definition) is 2. The third-order valence-corrected chi connectivity index (χ3v) is 5.09. The topological polar surface area (TPSA) is 35.2 Å². The van der Waals surface area contributed by atoms with Crippen LogP contribution in [-0.2, 0) is 12.0 Å². The van der Waals surface area contributed by atoms with Crippen molar-refractivity contribution in [3.8, 4) is 5.75 Å². The summed E-state index contributed by atoms with van der Waals surface area (Å²) in [5.41, 5.74) is 9.25. The van der Waals surface area contributed by atoms with Gasteiger partial charge < -0.3 is 10.5 Å². The van der Waals surface area contributed by atoms with Crippen LogP contribution in [0.3, 0.4) is 0 Å². The zero-order valence-corrected chi connectivity index (χ0v) is 12.1. The van der Waals surface area contributed by atoms with Crippen LogP contribution in [0.1, 0.15) is 50.7 Å². The predicted octanol–water partition coefficient (Wildman–Crippen LogP) is 3.62. The van der Waals surface area contributed by atoms with Crippen LogP contribution in [0.25, 0.3) is 0 Å². The van der Waals surface area contributed by atoms with Crippen LogP contribution in [0.5, 0.6) is 5.75 Å². The summed E-state index contributed by atoms with van der Waals surface area (Å²) < 4.78 is 5.98. The molecule has 1 fully saturated rings. The van der Waals surface area contributed by atoms with Crippen molar-refractivity contribution < 1.29 is 4.74 Å². The first-order valence-electron chi connectivity index (χ1n) is 7.65. The Morgan fingerprint density at radius 1 is 1.26 bits per heavy atom. The van der Waals surface area contributed by atoms with Crippen LogP contribution < -0.4 is 10.5 Å². The van der Waals surface area contributed by atoms with Gasteiger partial charge in [0.15, 0.2) is 0 Å². The van der Waals surface area contributed by atoms with Gasteiger partial charge in [-0.15, -0.1) is 0 Å². The maximum absolute atomic E-state index is 6.86. The Hall–Kier alpha value is -1.02. The van der Waals surface area contributed by atoms with Crippen molar-refractivity contribution >= 4 is 0 Å². The quantitative estimate of drug-likeness (QED) is 0.836. The Balaban J connectivity index is 2.05. The summed E-state index contributed by atoms with van der Waals surface area (Å²) in [7, 11) is 0. The van der Waals surface area contributed by atoms with E-state index < -0.39 is 0 Å². The van der Waals surface area contributed by atoms with Crippen LogP contribution in [0.4, 0.5) is 0 Å². The predicted molar refractivity (Wildman–Crippen MR) is 78.3 cm³/mol. The summed E-state index contributed by atoms with van der Waals surface area (Å²) in [6.07, 6.45) is 5.86. The van der Waals surface area contributed by atoms with E-state index in [1.165, 1.54) is 24.0 Å². The van der Waals surface area contributed by atoms with Gasteiger partial charge in [-0.05, 0) is 43.1 Å². The third-order valence-electron chi connectivity index (χ3n) is 5.09. The second-order valence-corrected chi connectivity index (χ2v) is 6.57. The van der Waals surface area contributed by atoms with Crippen LogP contribution in [0, 0.1) is 11.8 Å². The van der Waals surface area contributed by atoms with Crippen molar-refractivity contribution in [1.82, 2.24) is 0 Å². The van der Waals surface area contributed by atoms with Crippen LogP contribution in [0.15, 0.2) is 18.2 Å². The fourth-order valence-electron chi connectivity index (χ4n) is 3.80. The van der Waals surface area contributed by atoms with Crippen molar-refractivity contribution in [2.75, 3.05) is 6.61 Å². The van der Waals surface area contributed by atoms with Gasteiger partial charge in [-0.25, -0.2) is 0 Å². The Morgan fingerprint density at radius 2 is 2.11 bits per heavy atom. The number of rotatable bonds is 1. The molecular formula is C17H25NO. The molecule has 0 aromatic heterocycles. The molecule has 0 amide bonds. The second-order valence-electron chi connectivity index (χ2n) is 6.57. The minimum absolute atomic E-state index is 0.208. The molecule has 19 heavy (non-hydrogen) atoms. The molecule has 0 saturated heterocycles.